The van der Waals surface area contributed by atoms with Crippen LogP contribution in [-0.4, -0.2) is 54.9 Å². The Hall–Kier alpha value is -3.02. The Bertz CT molecular complexity index is 1270. The zero-order valence-electron chi connectivity index (χ0n) is 22.2. The summed E-state index contributed by atoms with van der Waals surface area (Å²) in [5.74, 6) is -1.56. The van der Waals surface area contributed by atoms with E-state index in [1.807, 2.05) is 25.5 Å². The molecule has 0 unspecified atom stereocenters. The fourth-order valence-electron chi connectivity index (χ4n) is 4.82. The van der Waals surface area contributed by atoms with Crippen LogP contribution < -0.4 is 26.6 Å². The number of hydrogen-bond donors (Lipinski definition) is 3. The Morgan fingerprint density at radius 2 is 1.76 bits per heavy atom. The molecule has 2 aliphatic rings. The number of rotatable bonds is 13. The SMILES string of the molecule is CC(C)(C)c1c(N[C@@H](CCCCC/C=C\C(=O)NS(=O)(=O)C2CC2)C(=O)N2CCC[C@H]2C(N)=O)c(=O)c1=O. The number of primary amides is 1. The van der Waals surface area contributed by atoms with Crippen LogP contribution in [0.3, 0.4) is 0 Å². The first-order valence-corrected chi connectivity index (χ1v) is 14.7. The van der Waals surface area contributed by atoms with Crippen molar-refractivity contribution in [3.8, 4) is 0 Å². The Morgan fingerprint density at radius 1 is 1.08 bits per heavy atom. The fourth-order valence-corrected chi connectivity index (χ4v) is 6.09. The molecule has 2 fully saturated rings. The molecule has 1 heterocycles. The zero-order valence-corrected chi connectivity index (χ0v) is 23.1. The Morgan fingerprint density at radius 3 is 2.37 bits per heavy atom. The maximum Gasteiger partial charge on any atom is 0.257 e. The van der Waals surface area contributed by atoms with Crippen molar-refractivity contribution in [3.63, 3.8) is 0 Å². The standard InChI is InChI=1S/C26H38N4O7S/c1-26(2,3)20-21(23(33)22(20)32)28-17(25(35)30-15-9-11-18(30)24(27)34)10-7-5-4-6-8-12-19(31)29-38(36,37)16-13-14-16/h8,12,16-18,28H,4-7,9-11,13-15H2,1-3H3,(H2,27,34)(H,29,31)/b12-8-/t17-,18-/m0/s1. The average Bonchev–Trinajstić information content (AvgIpc) is 3.57. The molecule has 0 spiro atoms. The number of unbranched alkanes of at least 4 members (excludes halogenated alkanes) is 3. The van der Waals surface area contributed by atoms with Crippen molar-refractivity contribution in [2.45, 2.75) is 101 Å². The predicted molar refractivity (Wildman–Crippen MR) is 144 cm³/mol. The number of amides is 3. The highest BCUT2D eigenvalue weighted by molar-refractivity contribution is 7.91. The summed E-state index contributed by atoms with van der Waals surface area (Å²) in [5.41, 5.74) is 4.25. The molecule has 1 aromatic rings. The third kappa shape index (κ3) is 7.09. The summed E-state index contributed by atoms with van der Waals surface area (Å²) in [4.78, 5) is 63.1. The molecule has 3 amide bonds. The second kappa shape index (κ2) is 11.8. The van der Waals surface area contributed by atoms with Crippen molar-refractivity contribution in [1.29, 1.82) is 0 Å². The smallest absolute Gasteiger partial charge is 0.257 e. The van der Waals surface area contributed by atoms with Crippen LogP contribution >= 0.6 is 0 Å². The quantitative estimate of drug-likeness (QED) is 0.185. The topological polar surface area (TPSA) is 173 Å². The van der Waals surface area contributed by atoms with Gasteiger partial charge in [-0.25, -0.2) is 13.1 Å². The van der Waals surface area contributed by atoms with Crippen LogP contribution in [0.2, 0.25) is 0 Å². The Balaban J connectivity index is 1.58. The predicted octanol–water partition coefficient (Wildman–Crippen LogP) is 0.952. The molecule has 1 aliphatic heterocycles. The number of nitrogens with one attached hydrogen (secondary N) is 2. The number of carbonyl (C=O) groups excluding carboxylic acids is 3. The summed E-state index contributed by atoms with van der Waals surface area (Å²) >= 11 is 0. The van der Waals surface area contributed by atoms with Crippen LogP contribution in [0.25, 0.3) is 0 Å². The van der Waals surface area contributed by atoms with E-state index in [1.165, 1.54) is 11.0 Å². The van der Waals surface area contributed by atoms with E-state index in [-0.39, 0.29) is 11.6 Å². The van der Waals surface area contributed by atoms with Crippen LogP contribution in [0, 0.1) is 0 Å². The lowest BCUT2D eigenvalue weighted by Gasteiger charge is -2.31. The van der Waals surface area contributed by atoms with E-state index in [0.29, 0.717) is 69.9 Å². The monoisotopic (exact) mass is 550 g/mol. The number of carbonyl (C=O) groups is 3. The molecule has 38 heavy (non-hydrogen) atoms. The summed E-state index contributed by atoms with van der Waals surface area (Å²) < 4.78 is 25.6. The van der Waals surface area contributed by atoms with Crippen LogP contribution in [0.1, 0.15) is 84.1 Å². The number of hydrogen-bond acceptors (Lipinski definition) is 8. The molecule has 3 rings (SSSR count). The minimum atomic E-state index is -3.57. The Kier molecular flexibility index (Phi) is 9.17. The van der Waals surface area contributed by atoms with Gasteiger partial charge in [0.05, 0.1) is 10.9 Å². The largest absolute Gasteiger partial charge is 0.370 e. The van der Waals surface area contributed by atoms with Crippen molar-refractivity contribution in [2.75, 3.05) is 11.9 Å². The van der Waals surface area contributed by atoms with Gasteiger partial charge in [-0.15, -0.1) is 0 Å². The summed E-state index contributed by atoms with van der Waals surface area (Å²) in [7, 11) is -3.57. The van der Waals surface area contributed by atoms with Gasteiger partial charge in [0.1, 0.15) is 12.1 Å². The van der Waals surface area contributed by atoms with Gasteiger partial charge in [0, 0.05) is 12.1 Å². The van der Waals surface area contributed by atoms with Gasteiger partial charge in [-0.3, -0.25) is 24.0 Å². The maximum absolute atomic E-state index is 13.4. The van der Waals surface area contributed by atoms with Crippen LogP contribution in [-0.2, 0) is 29.8 Å². The molecule has 1 saturated heterocycles. The van der Waals surface area contributed by atoms with E-state index < -0.39 is 55.4 Å². The van der Waals surface area contributed by atoms with E-state index >= 15 is 0 Å². The van der Waals surface area contributed by atoms with E-state index in [0.717, 1.165) is 0 Å². The van der Waals surface area contributed by atoms with Crippen molar-refractivity contribution >= 4 is 33.4 Å². The van der Waals surface area contributed by atoms with Gasteiger partial charge in [0.15, 0.2) is 0 Å². The Labute approximate surface area is 223 Å². The molecule has 11 nitrogen and oxygen atoms in total. The highest BCUT2D eigenvalue weighted by Crippen LogP contribution is 2.28. The molecule has 1 saturated carbocycles. The molecule has 1 aliphatic carbocycles. The molecular weight excluding hydrogens is 512 g/mol. The van der Waals surface area contributed by atoms with Crippen molar-refractivity contribution < 1.29 is 22.8 Å². The van der Waals surface area contributed by atoms with E-state index in [9.17, 15) is 32.4 Å². The molecule has 210 valence electrons. The highest BCUT2D eigenvalue weighted by Gasteiger charge is 2.38. The van der Waals surface area contributed by atoms with E-state index in [1.54, 1.807) is 6.08 Å². The summed E-state index contributed by atoms with van der Waals surface area (Å²) in [6, 6.07) is -1.49. The zero-order chi connectivity index (χ0) is 28.3. The number of sulfonamides is 1. The van der Waals surface area contributed by atoms with Gasteiger partial charge in [-0.1, -0.05) is 39.7 Å². The lowest BCUT2D eigenvalue weighted by Crippen LogP contribution is -2.52. The van der Waals surface area contributed by atoms with Crippen LogP contribution in [0.4, 0.5) is 5.69 Å². The molecule has 0 aromatic heterocycles. The molecular formula is C26H38N4O7S. The van der Waals surface area contributed by atoms with Gasteiger partial charge < -0.3 is 16.0 Å². The minimum Gasteiger partial charge on any atom is -0.370 e. The molecule has 1 aromatic carbocycles. The minimum absolute atomic E-state index is 0.158. The number of allylic oxidation sites excluding steroid dienone is 1. The van der Waals surface area contributed by atoms with E-state index in [2.05, 4.69) is 5.32 Å². The summed E-state index contributed by atoms with van der Waals surface area (Å²) in [6.07, 6.45) is 8.04. The third-order valence-corrected chi connectivity index (χ3v) is 8.81. The maximum atomic E-state index is 13.4. The normalized spacial score (nSPS) is 19.1. The average molecular weight is 551 g/mol. The second-order valence-corrected chi connectivity index (χ2v) is 13.2. The van der Waals surface area contributed by atoms with Crippen LogP contribution in [0.15, 0.2) is 21.7 Å². The van der Waals surface area contributed by atoms with Gasteiger partial charge in [-0.05, 0) is 56.4 Å². The summed E-state index contributed by atoms with van der Waals surface area (Å²) in [6.45, 7) is 5.86. The number of anilines is 1. The third-order valence-electron chi connectivity index (χ3n) is 6.98. The molecule has 2 atom stereocenters. The number of nitrogens with zero attached hydrogens (tertiary/aromatic N) is 1. The van der Waals surface area contributed by atoms with E-state index in [4.69, 9.17) is 5.73 Å². The molecule has 0 bridgehead atoms. The van der Waals surface area contributed by atoms with Gasteiger partial charge in [-0.2, -0.15) is 0 Å². The van der Waals surface area contributed by atoms with Gasteiger partial charge in [0.2, 0.25) is 32.7 Å². The lowest BCUT2D eigenvalue weighted by atomic mass is 9.82. The lowest BCUT2D eigenvalue weighted by molar-refractivity contribution is -0.138. The first-order chi connectivity index (χ1) is 17.7. The number of likely N-dealkylation sites (tertiary alicyclic amines) is 1. The van der Waals surface area contributed by atoms with Gasteiger partial charge in [0.25, 0.3) is 5.91 Å². The number of nitrogens with two attached hydrogens (primary N) is 1. The highest BCUT2D eigenvalue weighted by atomic mass is 32.2. The van der Waals surface area contributed by atoms with Crippen molar-refractivity contribution in [1.82, 2.24) is 9.62 Å². The summed E-state index contributed by atoms with van der Waals surface area (Å²) in [5, 5.41) is 2.56. The first-order valence-electron chi connectivity index (χ1n) is 13.2. The fraction of sp³-hybridized carbons (Fsp3) is 0.654. The molecule has 0 radical (unpaired) electrons. The molecule has 4 N–H and O–H groups in total. The van der Waals surface area contributed by atoms with Gasteiger partial charge >= 0.3 is 0 Å². The van der Waals surface area contributed by atoms with Crippen LogP contribution in [0.5, 0.6) is 0 Å². The molecule has 12 heteroatoms. The second-order valence-electron chi connectivity index (χ2n) is 11.2. The first kappa shape index (κ1) is 29.5. The van der Waals surface area contributed by atoms with Crippen molar-refractivity contribution in [3.05, 3.63) is 38.2 Å². The van der Waals surface area contributed by atoms with Crippen molar-refractivity contribution in [2.24, 2.45) is 5.73 Å².